The number of rotatable bonds is 2. The number of anilines is 3. The highest BCUT2D eigenvalue weighted by Crippen LogP contribution is 2.50. The van der Waals surface area contributed by atoms with Gasteiger partial charge >= 0.3 is 0 Å². The molecule has 33 heavy (non-hydrogen) atoms. The van der Waals surface area contributed by atoms with Gasteiger partial charge < -0.3 is 25.0 Å². The van der Waals surface area contributed by atoms with Gasteiger partial charge in [0.05, 0.1) is 6.33 Å². The van der Waals surface area contributed by atoms with E-state index in [1.807, 2.05) is 7.05 Å². The average Bonchev–Trinajstić information content (AvgIpc) is 3.56. The second kappa shape index (κ2) is 7.72. The van der Waals surface area contributed by atoms with E-state index < -0.39 is 5.60 Å². The number of nitrogens with zero attached hydrogens (tertiary/aromatic N) is 4. The highest BCUT2D eigenvalue weighted by atomic mass is 16.5. The quantitative estimate of drug-likeness (QED) is 0.522. The Labute approximate surface area is 192 Å². The van der Waals surface area contributed by atoms with Gasteiger partial charge in [0.25, 0.3) is 0 Å². The Morgan fingerprint density at radius 3 is 2.76 bits per heavy atom. The number of ether oxygens (including phenoxy) is 1. The third kappa shape index (κ3) is 3.43. The Balaban J connectivity index is 1.48. The summed E-state index contributed by atoms with van der Waals surface area (Å²) in [7, 11) is 1.82. The van der Waals surface area contributed by atoms with Crippen LogP contribution in [0.15, 0.2) is 24.5 Å². The van der Waals surface area contributed by atoms with E-state index in [0.29, 0.717) is 11.6 Å². The van der Waals surface area contributed by atoms with Crippen molar-refractivity contribution in [2.45, 2.75) is 49.5 Å². The second-order valence-electron chi connectivity index (χ2n) is 9.42. The fourth-order valence-corrected chi connectivity index (χ4v) is 5.53. The highest BCUT2D eigenvalue weighted by Gasteiger charge is 2.45. The molecule has 1 aromatic carbocycles. The summed E-state index contributed by atoms with van der Waals surface area (Å²) in [5, 5.41) is 13.8. The van der Waals surface area contributed by atoms with Gasteiger partial charge in [-0.2, -0.15) is 9.97 Å². The number of H-pyrrole nitrogens is 1. The van der Waals surface area contributed by atoms with Crippen molar-refractivity contribution in [3.05, 3.63) is 35.7 Å². The van der Waals surface area contributed by atoms with Gasteiger partial charge in [-0.05, 0) is 56.2 Å². The van der Waals surface area contributed by atoms with Gasteiger partial charge in [0.2, 0.25) is 5.95 Å². The molecule has 4 heterocycles. The number of aliphatic hydroxyl groups is 1. The summed E-state index contributed by atoms with van der Waals surface area (Å²) in [6.45, 7) is 2.33. The fourth-order valence-electron chi connectivity index (χ4n) is 5.53. The van der Waals surface area contributed by atoms with Crippen molar-refractivity contribution in [3.8, 4) is 11.8 Å². The molecule has 2 aromatic heterocycles. The van der Waals surface area contributed by atoms with Gasteiger partial charge in [-0.3, -0.25) is 0 Å². The molecule has 3 aromatic rings. The molecule has 3 aliphatic rings. The molecule has 1 saturated heterocycles. The van der Waals surface area contributed by atoms with Crippen LogP contribution in [0.4, 0.5) is 17.5 Å². The molecule has 0 atom stereocenters. The number of hydrogen-bond acceptors (Lipinski definition) is 7. The molecular formula is C25H28N6O2. The minimum atomic E-state index is -0.850. The molecule has 0 bridgehead atoms. The zero-order valence-electron chi connectivity index (χ0n) is 18.8. The molecule has 1 spiro atoms. The lowest BCUT2D eigenvalue weighted by atomic mass is 9.76. The zero-order chi connectivity index (χ0) is 22.5. The van der Waals surface area contributed by atoms with Crippen LogP contribution in [-0.4, -0.2) is 57.4 Å². The van der Waals surface area contributed by atoms with Crippen LogP contribution in [0, 0.1) is 11.8 Å². The number of benzene rings is 1. The van der Waals surface area contributed by atoms with E-state index in [4.69, 9.17) is 9.72 Å². The number of aromatic amines is 1. The molecule has 8 nitrogen and oxygen atoms in total. The van der Waals surface area contributed by atoms with Crippen LogP contribution >= 0.6 is 0 Å². The maximum Gasteiger partial charge on any atom is 0.226 e. The van der Waals surface area contributed by atoms with Gasteiger partial charge in [-0.25, -0.2) is 4.98 Å². The van der Waals surface area contributed by atoms with Gasteiger partial charge in [0, 0.05) is 43.5 Å². The van der Waals surface area contributed by atoms with Crippen LogP contribution in [0.2, 0.25) is 0 Å². The lowest BCUT2D eigenvalue weighted by molar-refractivity contribution is 0.0558. The summed E-state index contributed by atoms with van der Waals surface area (Å²) in [5.74, 6) is 7.76. The molecule has 1 aliphatic carbocycles. The summed E-state index contributed by atoms with van der Waals surface area (Å²) >= 11 is 0. The normalized spacial score (nSPS) is 20.6. The van der Waals surface area contributed by atoms with Crippen LogP contribution in [0.25, 0.3) is 11.2 Å². The van der Waals surface area contributed by atoms with E-state index in [0.717, 1.165) is 80.9 Å². The standard InChI is InChI=1S/C25H28N6O2/c1-26-23-29-21-20(27-16-28-21)22(30-23)31-15-24(10-12-33-13-11-24)18-5-4-17(14-19(18)31)6-9-25(32)7-2-3-8-25/h4-5,14,16,32H,2-3,7-8,10-13,15H2,1H3,(H2,26,27,28,29,30). The van der Waals surface area contributed by atoms with Gasteiger partial charge in [-0.15, -0.1) is 0 Å². The zero-order valence-corrected chi connectivity index (χ0v) is 18.8. The van der Waals surface area contributed by atoms with E-state index in [1.165, 1.54) is 5.56 Å². The Kier molecular flexibility index (Phi) is 4.78. The third-order valence-corrected chi connectivity index (χ3v) is 7.39. The van der Waals surface area contributed by atoms with Crippen molar-refractivity contribution in [1.82, 2.24) is 19.9 Å². The van der Waals surface area contributed by atoms with Crippen molar-refractivity contribution in [2.24, 2.45) is 0 Å². The molecule has 8 heteroatoms. The molecule has 0 radical (unpaired) electrons. The first-order valence-electron chi connectivity index (χ1n) is 11.7. The number of aromatic nitrogens is 4. The predicted molar refractivity (Wildman–Crippen MR) is 127 cm³/mol. The predicted octanol–water partition coefficient (Wildman–Crippen LogP) is 3.25. The van der Waals surface area contributed by atoms with Crippen molar-refractivity contribution in [3.63, 3.8) is 0 Å². The van der Waals surface area contributed by atoms with E-state index in [2.05, 4.69) is 55.2 Å². The minimum Gasteiger partial charge on any atom is -0.381 e. The lowest BCUT2D eigenvalue weighted by Gasteiger charge is -2.34. The van der Waals surface area contributed by atoms with Crippen molar-refractivity contribution in [2.75, 3.05) is 37.0 Å². The summed E-state index contributed by atoms with van der Waals surface area (Å²) in [5.41, 5.74) is 3.95. The SMILES string of the molecule is CNc1nc(N2CC3(CCOCC3)c3ccc(C#CC4(O)CCCC4)cc32)c2[nH]cnc2n1. The van der Waals surface area contributed by atoms with E-state index in [9.17, 15) is 5.11 Å². The van der Waals surface area contributed by atoms with Gasteiger partial charge in [0.1, 0.15) is 11.1 Å². The molecule has 3 N–H and O–H groups in total. The van der Waals surface area contributed by atoms with E-state index in [1.54, 1.807) is 6.33 Å². The van der Waals surface area contributed by atoms with E-state index >= 15 is 0 Å². The minimum absolute atomic E-state index is 0.0142. The number of nitrogens with one attached hydrogen (secondary N) is 2. The maximum absolute atomic E-state index is 10.7. The van der Waals surface area contributed by atoms with Crippen LogP contribution in [0.1, 0.15) is 49.7 Å². The van der Waals surface area contributed by atoms with Crippen molar-refractivity contribution < 1.29 is 9.84 Å². The lowest BCUT2D eigenvalue weighted by Crippen LogP contribution is -2.37. The largest absolute Gasteiger partial charge is 0.381 e. The molecule has 1 saturated carbocycles. The van der Waals surface area contributed by atoms with Gasteiger partial charge in [-0.1, -0.05) is 17.9 Å². The molecule has 2 fully saturated rings. The highest BCUT2D eigenvalue weighted by molar-refractivity contribution is 5.89. The molecule has 170 valence electrons. The first-order valence-corrected chi connectivity index (χ1v) is 11.7. The summed E-state index contributed by atoms with van der Waals surface area (Å²) in [6.07, 6.45) is 7.19. The fraction of sp³-hybridized carbons (Fsp3) is 0.480. The second-order valence-corrected chi connectivity index (χ2v) is 9.42. The van der Waals surface area contributed by atoms with Crippen LogP contribution in [-0.2, 0) is 10.2 Å². The average molecular weight is 445 g/mol. The Morgan fingerprint density at radius 2 is 1.97 bits per heavy atom. The molecule has 0 unspecified atom stereocenters. The van der Waals surface area contributed by atoms with E-state index in [-0.39, 0.29) is 5.41 Å². The summed E-state index contributed by atoms with van der Waals surface area (Å²) < 4.78 is 5.72. The molecule has 2 aliphatic heterocycles. The Bertz CT molecular complexity index is 1260. The maximum atomic E-state index is 10.7. The Hall–Kier alpha value is -3.15. The third-order valence-electron chi connectivity index (χ3n) is 7.39. The Morgan fingerprint density at radius 1 is 1.15 bits per heavy atom. The first kappa shape index (κ1) is 20.5. The monoisotopic (exact) mass is 444 g/mol. The van der Waals surface area contributed by atoms with Crippen LogP contribution < -0.4 is 10.2 Å². The smallest absolute Gasteiger partial charge is 0.226 e. The number of imidazole rings is 1. The van der Waals surface area contributed by atoms with Crippen molar-refractivity contribution in [1.29, 1.82) is 0 Å². The number of hydrogen-bond donors (Lipinski definition) is 3. The topological polar surface area (TPSA) is 99.2 Å². The van der Waals surface area contributed by atoms with Crippen molar-refractivity contribution >= 4 is 28.6 Å². The molecular weight excluding hydrogens is 416 g/mol. The number of fused-ring (bicyclic) bond motifs is 3. The summed E-state index contributed by atoms with van der Waals surface area (Å²) in [6, 6.07) is 6.46. The van der Waals surface area contributed by atoms with Crippen LogP contribution in [0.3, 0.4) is 0 Å². The summed E-state index contributed by atoms with van der Waals surface area (Å²) in [4.78, 5) is 19.2. The molecule has 0 amide bonds. The molecule has 6 rings (SSSR count). The van der Waals surface area contributed by atoms with Crippen LogP contribution in [0.5, 0.6) is 0 Å². The first-order chi connectivity index (χ1) is 16.1. The van der Waals surface area contributed by atoms with Gasteiger partial charge in [0.15, 0.2) is 11.5 Å².